The first-order valence-electron chi connectivity index (χ1n) is 3.93. The van der Waals surface area contributed by atoms with Crippen molar-refractivity contribution in [3.63, 3.8) is 0 Å². The monoisotopic (exact) mass is 241 g/mol. The van der Waals surface area contributed by atoms with E-state index < -0.39 is 18.3 Å². The van der Waals surface area contributed by atoms with Gasteiger partial charge in [-0.1, -0.05) is 6.07 Å². The molecular weight excluding hydrogens is 231 g/mol. The van der Waals surface area contributed by atoms with Crippen LogP contribution in [-0.4, -0.2) is 13.5 Å². The molecule has 1 atom stereocenters. The molecule has 0 fully saturated rings. The molecule has 6 heteroatoms. The molecule has 0 aliphatic carbocycles. The van der Waals surface area contributed by atoms with Crippen molar-refractivity contribution in [3.05, 3.63) is 29.6 Å². The number of rotatable bonds is 3. The van der Waals surface area contributed by atoms with Crippen LogP contribution < -0.4 is 10.5 Å². The number of ether oxygens (including phenoxy) is 1. The smallest absolute Gasteiger partial charge is 0.257 e. The van der Waals surface area contributed by atoms with Crippen molar-refractivity contribution in [2.75, 3.05) is 7.11 Å². The first-order valence-corrected chi connectivity index (χ1v) is 3.93. The summed E-state index contributed by atoms with van der Waals surface area (Å²) in [5, 5.41) is 0. The molecule has 1 aromatic carbocycles. The van der Waals surface area contributed by atoms with Crippen LogP contribution in [0.3, 0.4) is 0 Å². The first-order chi connectivity index (χ1) is 6.56. The Morgan fingerprint density at radius 1 is 1.33 bits per heavy atom. The molecule has 0 spiro atoms. The SMILES string of the molecule is COc1ccc([C@@H](N)C(F)F)cc1F.Cl. The Morgan fingerprint density at radius 3 is 2.33 bits per heavy atom. The van der Waals surface area contributed by atoms with Gasteiger partial charge < -0.3 is 10.5 Å². The molecule has 0 unspecified atom stereocenters. The molecule has 2 nitrogen and oxygen atoms in total. The van der Waals surface area contributed by atoms with Crippen molar-refractivity contribution in [2.24, 2.45) is 5.73 Å². The Labute approximate surface area is 91.6 Å². The van der Waals surface area contributed by atoms with Crippen LogP contribution in [0.25, 0.3) is 0 Å². The van der Waals surface area contributed by atoms with Gasteiger partial charge in [0.2, 0.25) is 0 Å². The van der Waals surface area contributed by atoms with Crippen LogP contribution in [-0.2, 0) is 0 Å². The maximum absolute atomic E-state index is 13.0. The summed E-state index contributed by atoms with van der Waals surface area (Å²) in [6, 6.07) is 2.08. The fraction of sp³-hybridized carbons (Fsp3) is 0.333. The molecular formula is C9H11ClF3NO. The molecule has 2 N–H and O–H groups in total. The molecule has 0 radical (unpaired) electrons. The molecule has 1 rings (SSSR count). The van der Waals surface area contributed by atoms with E-state index in [1.165, 1.54) is 19.2 Å². The Hall–Kier alpha value is -0.940. The van der Waals surface area contributed by atoms with Crippen LogP contribution in [0, 0.1) is 5.82 Å². The van der Waals surface area contributed by atoms with Crippen LogP contribution in [0.5, 0.6) is 5.75 Å². The number of hydrogen-bond donors (Lipinski definition) is 1. The van der Waals surface area contributed by atoms with Gasteiger partial charge in [0.15, 0.2) is 11.6 Å². The fourth-order valence-electron chi connectivity index (χ4n) is 1.04. The molecule has 0 aliphatic heterocycles. The van der Waals surface area contributed by atoms with Crippen molar-refractivity contribution >= 4 is 12.4 Å². The zero-order chi connectivity index (χ0) is 10.7. The summed E-state index contributed by atoms with van der Waals surface area (Å²) >= 11 is 0. The average Bonchev–Trinajstić information content (AvgIpc) is 2.16. The van der Waals surface area contributed by atoms with Gasteiger partial charge in [0.1, 0.15) is 0 Å². The Balaban J connectivity index is 0.00000196. The highest BCUT2D eigenvalue weighted by atomic mass is 35.5. The summed E-state index contributed by atoms with van der Waals surface area (Å²) in [6.07, 6.45) is -2.71. The van der Waals surface area contributed by atoms with E-state index in [1.54, 1.807) is 0 Å². The Bertz CT molecular complexity index is 322. The second-order valence-electron chi connectivity index (χ2n) is 2.75. The number of nitrogens with two attached hydrogens (primary N) is 1. The molecule has 15 heavy (non-hydrogen) atoms. The van der Waals surface area contributed by atoms with Crippen molar-refractivity contribution < 1.29 is 17.9 Å². The van der Waals surface area contributed by atoms with E-state index in [9.17, 15) is 13.2 Å². The quantitative estimate of drug-likeness (QED) is 0.883. The molecule has 0 bridgehead atoms. The van der Waals surface area contributed by atoms with E-state index in [-0.39, 0.29) is 23.7 Å². The number of benzene rings is 1. The summed E-state index contributed by atoms with van der Waals surface area (Å²) in [7, 11) is 1.30. The lowest BCUT2D eigenvalue weighted by atomic mass is 10.1. The van der Waals surface area contributed by atoms with E-state index in [2.05, 4.69) is 4.74 Å². The van der Waals surface area contributed by atoms with Gasteiger partial charge in [-0.2, -0.15) is 0 Å². The number of methoxy groups -OCH3 is 1. The van der Waals surface area contributed by atoms with Crippen LogP contribution in [0.4, 0.5) is 13.2 Å². The summed E-state index contributed by atoms with van der Waals surface area (Å²) in [4.78, 5) is 0. The minimum atomic E-state index is -2.71. The zero-order valence-electron chi connectivity index (χ0n) is 7.91. The molecule has 0 aliphatic rings. The number of halogens is 4. The van der Waals surface area contributed by atoms with Crippen LogP contribution in [0.2, 0.25) is 0 Å². The number of hydrogen-bond acceptors (Lipinski definition) is 2. The second-order valence-corrected chi connectivity index (χ2v) is 2.75. The summed E-state index contributed by atoms with van der Waals surface area (Å²) in [5.41, 5.74) is 5.19. The fourth-order valence-corrected chi connectivity index (χ4v) is 1.04. The van der Waals surface area contributed by atoms with Crippen molar-refractivity contribution in [1.82, 2.24) is 0 Å². The third kappa shape index (κ3) is 3.28. The summed E-state index contributed by atoms with van der Waals surface area (Å²) < 4.78 is 42.0. The highest BCUT2D eigenvalue weighted by Gasteiger charge is 2.18. The standard InChI is InChI=1S/C9H10F3NO.ClH/c1-14-7-3-2-5(4-6(7)10)8(13)9(11)12;/h2-4,8-9H,13H2,1H3;1H/t8-;/m1./s1. The normalized spacial score (nSPS) is 12.1. The van der Waals surface area contributed by atoms with Gasteiger partial charge in [-0.3, -0.25) is 0 Å². The molecule has 1 aromatic rings. The molecule has 0 saturated heterocycles. The highest BCUT2D eigenvalue weighted by Crippen LogP contribution is 2.23. The Kier molecular flexibility index (Phi) is 5.46. The molecule has 0 aromatic heterocycles. The predicted molar refractivity (Wildman–Crippen MR) is 53.1 cm³/mol. The minimum Gasteiger partial charge on any atom is -0.494 e. The van der Waals surface area contributed by atoms with Gasteiger partial charge in [-0.25, -0.2) is 13.2 Å². The van der Waals surface area contributed by atoms with Crippen LogP contribution >= 0.6 is 12.4 Å². The van der Waals surface area contributed by atoms with Crippen molar-refractivity contribution in [3.8, 4) is 5.75 Å². The van der Waals surface area contributed by atoms with E-state index in [1.807, 2.05) is 0 Å². The van der Waals surface area contributed by atoms with E-state index in [4.69, 9.17) is 5.73 Å². The van der Waals surface area contributed by atoms with Gasteiger partial charge in [0.05, 0.1) is 13.2 Å². The van der Waals surface area contributed by atoms with Gasteiger partial charge in [0.25, 0.3) is 6.43 Å². The van der Waals surface area contributed by atoms with E-state index in [0.717, 1.165) is 6.07 Å². The summed E-state index contributed by atoms with van der Waals surface area (Å²) in [6.45, 7) is 0. The summed E-state index contributed by atoms with van der Waals surface area (Å²) in [5.74, 6) is -0.684. The maximum atomic E-state index is 13.0. The third-order valence-electron chi connectivity index (χ3n) is 1.83. The van der Waals surface area contributed by atoms with Crippen molar-refractivity contribution in [1.29, 1.82) is 0 Å². The first kappa shape index (κ1) is 14.1. The lowest BCUT2D eigenvalue weighted by Gasteiger charge is -2.11. The topological polar surface area (TPSA) is 35.2 Å². The third-order valence-corrected chi connectivity index (χ3v) is 1.83. The Morgan fingerprint density at radius 2 is 1.93 bits per heavy atom. The highest BCUT2D eigenvalue weighted by molar-refractivity contribution is 5.85. The second kappa shape index (κ2) is 5.82. The zero-order valence-corrected chi connectivity index (χ0v) is 8.73. The van der Waals surface area contributed by atoms with Gasteiger partial charge in [-0.05, 0) is 17.7 Å². The maximum Gasteiger partial charge on any atom is 0.257 e. The molecule has 0 amide bonds. The minimum absolute atomic E-state index is 0. The largest absolute Gasteiger partial charge is 0.494 e. The van der Waals surface area contributed by atoms with Crippen LogP contribution in [0.1, 0.15) is 11.6 Å². The van der Waals surface area contributed by atoms with Crippen molar-refractivity contribution in [2.45, 2.75) is 12.5 Å². The van der Waals surface area contributed by atoms with Gasteiger partial charge >= 0.3 is 0 Å². The van der Waals surface area contributed by atoms with E-state index >= 15 is 0 Å². The van der Waals surface area contributed by atoms with Gasteiger partial charge in [0, 0.05) is 0 Å². The molecule has 86 valence electrons. The lowest BCUT2D eigenvalue weighted by Crippen LogP contribution is -2.19. The van der Waals surface area contributed by atoms with Gasteiger partial charge in [-0.15, -0.1) is 12.4 Å². The molecule has 0 heterocycles. The van der Waals surface area contributed by atoms with Crippen LogP contribution in [0.15, 0.2) is 18.2 Å². The predicted octanol–water partition coefficient (Wildman–Crippen LogP) is 2.52. The molecule has 0 saturated carbocycles. The number of alkyl halides is 2. The lowest BCUT2D eigenvalue weighted by molar-refractivity contribution is 0.116. The van der Waals surface area contributed by atoms with E-state index in [0.29, 0.717) is 0 Å². The average molecular weight is 242 g/mol.